The molecule has 0 radical (unpaired) electrons. The molecule has 4 heterocycles. The number of benzene rings is 1. The Morgan fingerprint density at radius 3 is 2.52 bits per heavy atom. The van der Waals surface area contributed by atoms with Gasteiger partial charge in [0.1, 0.15) is 5.75 Å². The molecular formula is C33H42N8O4S. The molecule has 1 amide bonds. The monoisotopic (exact) mass is 646 g/mol. The second kappa shape index (κ2) is 12.7. The van der Waals surface area contributed by atoms with Crippen LogP contribution in [0.1, 0.15) is 71.9 Å². The Morgan fingerprint density at radius 1 is 1.13 bits per heavy atom. The van der Waals surface area contributed by atoms with Gasteiger partial charge >= 0.3 is 0 Å². The zero-order chi connectivity index (χ0) is 32.6. The number of carbonyl (C=O) groups is 1. The molecule has 2 fully saturated rings. The molecule has 2 aromatic heterocycles. The smallest absolute Gasteiger partial charge is 0.254 e. The molecular weight excluding hydrogens is 604 g/mol. The van der Waals surface area contributed by atoms with Crippen LogP contribution in [0.3, 0.4) is 0 Å². The van der Waals surface area contributed by atoms with E-state index >= 15 is 0 Å². The highest BCUT2D eigenvalue weighted by Gasteiger charge is 2.49. The van der Waals surface area contributed by atoms with Crippen molar-refractivity contribution >= 4 is 27.6 Å². The maximum atomic E-state index is 14.6. The number of amides is 1. The van der Waals surface area contributed by atoms with Crippen molar-refractivity contribution in [2.24, 2.45) is 0 Å². The highest BCUT2D eigenvalue weighted by molar-refractivity contribution is 7.88. The lowest BCUT2D eigenvalue weighted by atomic mass is 9.60. The number of aromatic nitrogens is 3. The number of ether oxygens (including phenoxy) is 1. The summed E-state index contributed by atoms with van der Waals surface area (Å²) < 4.78 is 33.6. The number of rotatable bonds is 10. The van der Waals surface area contributed by atoms with Crippen LogP contribution in [0, 0.1) is 6.57 Å². The lowest BCUT2D eigenvalue weighted by molar-refractivity contribution is 0.0481. The molecule has 13 heteroatoms. The van der Waals surface area contributed by atoms with Crippen molar-refractivity contribution in [1.82, 2.24) is 28.6 Å². The van der Waals surface area contributed by atoms with Gasteiger partial charge in [-0.25, -0.2) is 18.2 Å². The van der Waals surface area contributed by atoms with Gasteiger partial charge in [0.15, 0.2) is 0 Å². The Morgan fingerprint density at radius 2 is 1.89 bits per heavy atom. The Bertz CT molecular complexity index is 1770. The molecule has 46 heavy (non-hydrogen) atoms. The number of imidazole rings is 1. The number of nitrogens with one attached hydrogen (secondary N) is 1. The average Bonchev–Trinajstić information content (AvgIpc) is 3.47. The second-order valence-corrected chi connectivity index (χ2v) is 14.6. The number of anilines is 1. The standard InChI is InChI=1S/C33H42N8O4S/c1-6-45-29-18-27(37-19-28(29)34-3)23(2)41-22-33(8-7-9-33)30-25(21-38-12-14-40(15-13-38)46(5,43)44)16-24(17-26(30)31(41)42)20-39-11-10-36-32(39)35-4/h10-11,16-19,23H,6-9,12-15,20-22H2,1-2,4-5H3,(H,35,36)/t23-/m0/s1. The van der Waals surface area contributed by atoms with E-state index in [1.54, 1.807) is 16.6 Å². The first-order valence-electron chi connectivity index (χ1n) is 15.9. The lowest BCUT2D eigenvalue weighted by Gasteiger charge is -2.52. The number of piperazine rings is 1. The van der Waals surface area contributed by atoms with E-state index in [-0.39, 0.29) is 17.4 Å². The van der Waals surface area contributed by atoms with Gasteiger partial charge in [-0.1, -0.05) is 12.5 Å². The summed E-state index contributed by atoms with van der Waals surface area (Å²) in [6.07, 6.45) is 9.56. The lowest BCUT2D eigenvalue weighted by Crippen LogP contribution is -2.54. The van der Waals surface area contributed by atoms with Crippen molar-refractivity contribution in [3.63, 3.8) is 0 Å². The van der Waals surface area contributed by atoms with E-state index < -0.39 is 10.0 Å². The van der Waals surface area contributed by atoms with Crippen LogP contribution in [-0.2, 0) is 28.5 Å². The highest BCUT2D eigenvalue weighted by atomic mass is 32.2. The summed E-state index contributed by atoms with van der Waals surface area (Å²) in [4.78, 5) is 31.4. The first-order valence-corrected chi connectivity index (χ1v) is 17.8. The normalized spacial score (nSPS) is 18.9. The van der Waals surface area contributed by atoms with Crippen molar-refractivity contribution in [3.05, 3.63) is 76.2 Å². The van der Waals surface area contributed by atoms with Crippen molar-refractivity contribution in [2.45, 2.75) is 57.7 Å². The highest BCUT2D eigenvalue weighted by Crippen LogP contribution is 2.51. The van der Waals surface area contributed by atoms with Crippen LogP contribution in [0.15, 0.2) is 36.8 Å². The molecule has 244 valence electrons. The van der Waals surface area contributed by atoms with E-state index in [9.17, 15) is 13.2 Å². The summed E-state index contributed by atoms with van der Waals surface area (Å²) in [6, 6.07) is 5.78. The van der Waals surface area contributed by atoms with Crippen LogP contribution in [0.5, 0.6) is 5.75 Å². The number of sulfonamides is 1. The zero-order valence-electron chi connectivity index (χ0n) is 27.0. The number of nitrogens with zero attached hydrogens (tertiary/aromatic N) is 7. The van der Waals surface area contributed by atoms with Crippen LogP contribution >= 0.6 is 0 Å². The van der Waals surface area contributed by atoms with Gasteiger partial charge < -0.3 is 19.5 Å². The van der Waals surface area contributed by atoms with Crippen molar-refractivity contribution < 1.29 is 17.9 Å². The Kier molecular flexibility index (Phi) is 8.80. The van der Waals surface area contributed by atoms with E-state index in [0.717, 1.165) is 47.5 Å². The second-order valence-electron chi connectivity index (χ2n) is 12.6. The van der Waals surface area contributed by atoms with Gasteiger partial charge in [0.2, 0.25) is 21.7 Å². The number of carbonyl (C=O) groups excluding carboxylic acids is 1. The Hall–Kier alpha value is -3.99. The molecule has 3 aliphatic rings. The molecule has 0 unspecified atom stereocenters. The van der Waals surface area contributed by atoms with Gasteiger partial charge in [-0.2, -0.15) is 4.31 Å². The molecule has 0 bridgehead atoms. The van der Waals surface area contributed by atoms with E-state index in [2.05, 4.69) is 37.2 Å². The maximum Gasteiger partial charge on any atom is 0.254 e. The molecule has 2 aliphatic heterocycles. The van der Waals surface area contributed by atoms with E-state index in [1.807, 2.05) is 36.6 Å². The fourth-order valence-electron chi connectivity index (χ4n) is 7.25. The van der Waals surface area contributed by atoms with Crippen LogP contribution in [0.2, 0.25) is 0 Å². The van der Waals surface area contributed by atoms with E-state index in [0.29, 0.717) is 69.6 Å². The molecule has 1 atom stereocenters. The molecule has 12 nitrogen and oxygen atoms in total. The number of fused-ring (bicyclic) bond motifs is 2. The van der Waals surface area contributed by atoms with Crippen molar-refractivity contribution in [3.8, 4) is 5.75 Å². The molecule has 1 saturated carbocycles. The third-order valence-corrected chi connectivity index (χ3v) is 11.1. The predicted octanol–water partition coefficient (Wildman–Crippen LogP) is 4.03. The number of hydrogen-bond donors (Lipinski definition) is 1. The summed E-state index contributed by atoms with van der Waals surface area (Å²) in [5.74, 6) is 1.20. The molecule has 1 spiro atoms. The third kappa shape index (κ3) is 5.97. The van der Waals surface area contributed by atoms with Crippen molar-refractivity contribution in [1.29, 1.82) is 0 Å². The predicted molar refractivity (Wildman–Crippen MR) is 176 cm³/mol. The largest absolute Gasteiger partial charge is 0.505 e. The molecule has 3 aromatic rings. The van der Waals surface area contributed by atoms with E-state index in [1.165, 1.54) is 12.5 Å². The van der Waals surface area contributed by atoms with Gasteiger partial charge in [-0.3, -0.25) is 14.7 Å². The minimum atomic E-state index is -3.23. The summed E-state index contributed by atoms with van der Waals surface area (Å²) in [5, 5.41) is 3.14. The fraction of sp³-hybridized carbons (Fsp3) is 0.515. The van der Waals surface area contributed by atoms with Crippen molar-refractivity contribution in [2.75, 3.05) is 58.0 Å². The maximum absolute atomic E-state index is 14.6. The average molecular weight is 647 g/mol. The van der Waals surface area contributed by atoms with Gasteiger partial charge in [0.05, 0.1) is 37.7 Å². The van der Waals surface area contributed by atoms with Crippen LogP contribution in [0.25, 0.3) is 4.85 Å². The summed E-state index contributed by atoms with van der Waals surface area (Å²) >= 11 is 0. The Balaban J connectivity index is 1.39. The molecule has 1 aliphatic carbocycles. The summed E-state index contributed by atoms with van der Waals surface area (Å²) in [5.41, 5.74) is 4.92. The van der Waals surface area contributed by atoms with Gasteiger partial charge in [-0.15, -0.1) is 0 Å². The topological polar surface area (TPSA) is 117 Å². The SMILES string of the molecule is [C-]#[N+]c1cnc([C@H](C)N2CC3(CCC3)c3c(CN4CCN(S(C)(=O)=O)CC4)cc(Cn4ccnc4NC)cc3C2=O)cc1OCC. The van der Waals surface area contributed by atoms with Gasteiger partial charge in [-0.05, 0) is 55.5 Å². The van der Waals surface area contributed by atoms with Gasteiger partial charge in [0.25, 0.3) is 5.91 Å². The Labute approximate surface area is 271 Å². The number of pyridine rings is 1. The quantitative estimate of drug-likeness (QED) is 0.328. The van der Waals surface area contributed by atoms with E-state index in [4.69, 9.17) is 11.3 Å². The first kappa shape index (κ1) is 32.0. The third-order valence-electron chi connectivity index (χ3n) is 9.75. The minimum absolute atomic E-state index is 0.0292. The molecule has 1 N–H and O–H groups in total. The van der Waals surface area contributed by atoms with Crippen LogP contribution < -0.4 is 10.1 Å². The molecule has 6 rings (SSSR count). The number of hydrogen-bond acceptors (Lipinski definition) is 8. The summed E-state index contributed by atoms with van der Waals surface area (Å²) in [7, 11) is -1.39. The van der Waals surface area contributed by atoms with Gasteiger partial charge in [0, 0.05) is 75.9 Å². The van der Waals surface area contributed by atoms with Crippen LogP contribution in [0.4, 0.5) is 11.6 Å². The zero-order valence-corrected chi connectivity index (χ0v) is 27.8. The molecule has 1 saturated heterocycles. The minimum Gasteiger partial charge on any atom is -0.505 e. The van der Waals surface area contributed by atoms with Crippen LogP contribution in [-0.4, -0.2) is 95.6 Å². The molecule has 1 aromatic carbocycles. The fourth-order valence-corrected chi connectivity index (χ4v) is 8.07. The summed E-state index contributed by atoms with van der Waals surface area (Å²) in [6.45, 7) is 15.8. The first-order chi connectivity index (χ1) is 22.1.